The molecule has 0 saturated carbocycles. The lowest BCUT2D eigenvalue weighted by Gasteiger charge is -2.11. The van der Waals surface area contributed by atoms with Gasteiger partial charge in [0.25, 0.3) is 0 Å². The fourth-order valence-electron chi connectivity index (χ4n) is 3.10. The zero-order valence-electron chi connectivity index (χ0n) is 13.6. The Labute approximate surface area is 151 Å². The second kappa shape index (κ2) is 6.14. The molecule has 0 N–H and O–H groups in total. The fourth-order valence-corrected chi connectivity index (χ4v) is 4.38. The van der Waals surface area contributed by atoms with Crippen LogP contribution >= 0.6 is 11.3 Å². The minimum Gasteiger partial charge on any atom is -0.224 e. The van der Waals surface area contributed by atoms with E-state index in [0.29, 0.717) is 4.90 Å². The highest BCUT2D eigenvalue weighted by atomic mass is 32.2. The number of rotatable bonds is 3. The summed E-state index contributed by atoms with van der Waals surface area (Å²) in [5.41, 5.74) is 6.94. The van der Waals surface area contributed by atoms with Gasteiger partial charge >= 0.3 is 0 Å². The number of benzene rings is 2. The lowest BCUT2D eigenvalue weighted by atomic mass is 9.93. The van der Waals surface area contributed by atoms with E-state index in [1.54, 1.807) is 23.5 Å². The second-order valence-electron chi connectivity index (χ2n) is 6.01. The fraction of sp³-hybridized carbons (Fsp3) is 0.0476. The Hall–Kier alpha value is -2.43. The van der Waals surface area contributed by atoms with Crippen LogP contribution in [0.25, 0.3) is 33.4 Å². The second-order valence-corrected chi connectivity index (χ2v) is 8.81. The van der Waals surface area contributed by atoms with Gasteiger partial charge < -0.3 is 0 Å². The van der Waals surface area contributed by atoms with Gasteiger partial charge in [-0.3, -0.25) is 0 Å². The van der Waals surface area contributed by atoms with Crippen LogP contribution in [0.3, 0.4) is 0 Å². The van der Waals surface area contributed by atoms with E-state index in [1.807, 2.05) is 24.3 Å². The van der Waals surface area contributed by atoms with Crippen LogP contribution < -0.4 is 0 Å². The molecule has 0 bridgehead atoms. The summed E-state index contributed by atoms with van der Waals surface area (Å²) < 4.78 is 23.4. The summed E-state index contributed by atoms with van der Waals surface area (Å²) >= 11 is 1.69. The standard InChI is InChI=1S/C21H16O2S2/c1-25(22,23)17-9-6-15(7-10-17)18-4-2-3-5-20(18)21-11-8-16-14-24-13-12-19(16)21/h2-14H,1H3. The van der Waals surface area contributed by atoms with Gasteiger partial charge in [-0.2, -0.15) is 11.3 Å². The summed E-state index contributed by atoms with van der Waals surface area (Å²) in [6, 6.07) is 21.8. The van der Waals surface area contributed by atoms with Crippen molar-refractivity contribution in [2.24, 2.45) is 0 Å². The number of hydrogen-bond acceptors (Lipinski definition) is 3. The molecule has 25 heavy (non-hydrogen) atoms. The lowest BCUT2D eigenvalue weighted by Crippen LogP contribution is -1.96. The minimum absolute atomic E-state index is 0.342. The molecule has 2 aromatic carbocycles. The van der Waals surface area contributed by atoms with E-state index in [-0.39, 0.29) is 0 Å². The Morgan fingerprint density at radius 3 is 2.00 bits per heavy atom. The predicted molar refractivity (Wildman–Crippen MR) is 105 cm³/mol. The van der Waals surface area contributed by atoms with Gasteiger partial charge in [0, 0.05) is 6.26 Å². The first kappa shape index (κ1) is 16.1. The van der Waals surface area contributed by atoms with Crippen LogP contribution in [0.15, 0.2) is 82.4 Å². The summed E-state index contributed by atoms with van der Waals surface area (Å²) in [7, 11) is -3.18. The lowest BCUT2D eigenvalue weighted by molar-refractivity contribution is 0.602. The van der Waals surface area contributed by atoms with Crippen molar-refractivity contribution in [3.63, 3.8) is 0 Å². The maximum Gasteiger partial charge on any atom is 0.175 e. The van der Waals surface area contributed by atoms with Crippen molar-refractivity contribution in [2.45, 2.75) is 4.90 Å². The monoisotopic (exact) mass is 364 g/mol. The van der Waals surface area contributed by atoms with Crippen molar-refractivity contribution >= 4 is 21.2 Å². The van der Waals surface area contributed by atoms with Gasteiger partial charge in [0.1, 0.15) is 0 Å². The first-order chi connectivity index (χ1) is 12.0. The van der Waals surface area contributed by atoms with Crippen LogP contribution in [-0.2, 0) is 9.84 Å². The van der Waals surface area contributed by atoms with Crippen molar-refractivity contribution in [1.82, 2.24) is 0 Å². The van der Waals surface area contributed by atoms with Crippen LogP contribution in [0.4, 0.5) is 0 Å². The van der Waals surface area contributed by atoms with Crippen LogP contribution in [0.5, 0.6) is 0 Å². The Morgan fingerprint density at radius 2 is 1.28 bits per heavy atom. The van der Waals surface area contributed by atoms with Crippen LogP contribution in [0.2, 0.25) is 0 Å². The molecule has 4 rings (SSSR count). The number of sulfone groups is 1. The van der Waals surface area contributed by atoms with Gasteiger partial charge in [-0.05, 0) is 62.3 Å². The molecule has 0 spiro atoms. The molecular formula is C21H16O2S2. The molecular weight excluding hydrogens is 348 g/mol. The van der Waals surface area contributed by atoms with Crippen molar-refractivity contribution < 1.29 is 8.42 Å². The molecule has 0 saturated heterocycles. The van der Waals surface area contributed by atoms with Gasteiger partial charge in [0.15, 0.2) is 9.84 Å². The summed E-state index contributed by atoms with van der Waals surface area (Å²) in [6.07, 6.45) is 1.23. The van der Waals surface area contributed by atoms with E-state index in [4.69, 9.17) is 0 Å². The largest absolute Gasteiger partial charge is 0.224 e. The van der Waals surface area contributed by atoms with E-state index in [2.05, 4.69) is 41.1 Å². The van der Waals surface area contributed by atoms with Crippen molar-refractivity contribution in [3.05, 3.63) is 77.5 Å². The van der Waals surface area contributed by atoms with Gasteiger partial charge in [-0.1, -0.05) is 48.5 Å². The third-order valence-electron chi connectivity index (χ3n) is 4.35. The first-order valence-electron chi connectivity index (χ1n) is 7.89. The molecule has 2 aliphatic rings. The zero-order chi connectivity index (χ0) is 17.4. The molecule has 0 atom stereocenters. The van der Waals surface area contributed by atoms with Crippen molar-refractivity contribution in [3.8, 4) is 33.4 Å². The zero-order valence-corrected chi connectivity index (χ0v) is 15.3. The Bertz CT molecular complexity index is 1110. The summed E-state index contributed by atoms with van der Waals surface area (Å²) in [5.74, 6) is 0. The highest BCUT2D eigenvalue weighted by Crippen LogP contribution is 2.40. The first-order valence-corrected chi connectivity index (χ1v) is 10.7. The molecule has 1 aliphatic carbocycles. The molecule has 1 aliphatic heterocycles. The van der Waals surface area contributed by atoms with Crippen molar-refractivity contribution in [1.29, 1.82) is 0 Å². The molecule has 0 radical (unpaired) electrons. The van der Waals surface area contributed by atoms with Gasteiger partial charge in [-0.25, -0.2) is 8.42 Å². The number of fused-ring (bicyclic) bond motifs is 1. The molecule has 2 nitrogen and oxygen atoms in total. The maximum atomic E-state index is 11.7. The average Bonchev–Trinajstić information content (AvgIpc) is 3.05. The third-order valence-corrected chi connectivity index (χ3v) is 6.16. The van der Waals surface area contributed by atoms with Gasteiger partial charge in [0.05, 0.1) is 4.90 Å². The Balaban J connectivity index is 1.85. The molecule has 0 aromatic heterocycles. The van der Waals surface area contributed by atoms with E-state index < -0.39 is 9.84 Å². The van der Waals surface area contributed by atoms with Crippen LogP contribution in [0.1, 0.15) is 0 Å². The van der Waals surface area contributed by atoms with E-state index in [9.17, 15) is 8.42 Å². The summed E-state index contributed by atoms with van der Waals surface area (Å²) in [5, 5.41) is 4.25. The highest BCUT2D eigenvalue weighted by molar-refractivity contribution is 7.90. The van der Waals surface area contributed by atoms with Gasteiger partial charge in [0.2, 0.25) is 0 Å². The molecule has 124 valence electrons. The molecule has 1 heterocycles. The van der Waals surface area contributed by atoms with Crippen molar-refractivity contribution in [2.75, 3.05) is 6.26 Å². The smallest absolute Gasteiger partial charge is 0.175 e. The van der Waals surface area contributed by atoms with Crippen LogP contribution in [-0.4, -0.2) is 14.7 Å². The van der Waals surface area contributed by atoms with E-state index in [1.165, 1.54) is 22.9 Å². The molecule has 0 fully saturated rings. The predicted octanol–water partition coefficient (Wildman–Crippen LogP) is 5.59. The quantitative estimate of drug-likeness (QED) is 0.475. The average molecular weight is 364 g/mol. The molecule has 0 unspecified atom stereocenters. The topological polar surface area (TPSA) is 34.1 Å². The maximum absolute atomic E-state index is 11.7. The third kappa shape index (κ3) is 2.99. The molecule has 4 heteroatoms. The van der Waals surface area contributed by atoms with E-state index in [0.717, 1.165) is 16.7 Å². The number of hydrogen-bond donors (Lipinski definition) is 0. The van der Waals surface area contributed by atoms with Gasteiger partial charge in [-0.15, -0.1) is 0 Å². The summed E-state index contributed by atoms with van der Waals surface area (Å²) in [4.78, 5) is 0.342. The molecule has 0 amide bonds. The summed E-state index contributed by atoms with van der Waals surface area (Å²) in [6.45, 7) is 0. The minimum atomic E-state index is -3.18. The van der Waals surface area contributed by atoms with E-state index >= 15 is 0 Å². The highest BCUT2D eigenvalue weighted by Gasteiger charge is 2.15. The van der Waals surface area contributed by atoms with Crippen LogP contribution in [0, 0.1) is 0 Å². The molecule has 2 aromatic rings. The Kier molecular flexibility index (Phi) is 3.94. The SMILES string of the molecule is CS(=O)(=O)c1ccc(-c2ccccc2-c2ccc3csccc2-3)cc1. The normalized spacial score (nSPS) is 11.7. The Morgan fingerprint density at radius 1 is 0.680 bits per heavy atom.